The average Bonchev–Trinajstić information content (AvgIpc) is 3.18. The summed E-state index contributed by atoms with van der Waals surface area (Å²) < 4.78 is 0.700. The molecule has 0 radical (unpaired) electrons. The number of hydrogen-bond donors (Lipinski definition) is 1. The lowest BCUT2D eigenvalue weighted by Crippen LogP contribution is -1.99. The van der Waals surface area contributed by atoms with E-state index in [4.69, 9.17) is 12.2 Å². The van der Waals surface area contributed by atoms with Crippen LogP contribution in [0.25, 0.3) is 11.3 Å². The lowest BCUT2D eigenvalue weighted by Gasteiger charge is -2.09. The third-order valence-electron chi connectivity index (χ3n) is 3.33. The van der Waals surface area contributed by atoms with E-state index in [1.165, 1.54) is 12.8 Å². The van der Waals surface area contributed by atoms with Crippen LogP contribution in [0.2, 0.25) is 0 Å². The van der Waals surface area contributed by atoms with Crippen LogP contribution >= 0.6 is 12.2 Å². The van der Waals surface area contributed by atoms with Gasteiger partial charge in [0.1, 0.15) is 10.5 Å². The molecule has 2 aromatic rings. The van der Waals surface area contributed by atoms with Crippen LogP contribution in [0.5, 0.6) is 0 Å². The van der Waals surface area contributed by atoms with Gasteiger partial charge in [0.15, 0.2) is 0 Å². The molecule has 92 valence electrons. The molecule has 4 heteroatoms. The van der Waals surface area contributed by atoms with Crippen LogP contribution in [0.1, 0.15) is 35.8 Å². The van der Waals surface area contributed by atoms with E-state index in [2.05, 4.69) is 21.0 Å². The zero-order valence-electron chi connectivity index (χ0n) is 10.5. The fourth-order valence-corrected chi connectivity index (χ4v) is 2.20. The summed E-state index contributed by atoms with van der Waals surface area (Å²) in [5.74, 6) is 1.60. The van der Waals surface area contributed by atoms with Crippen LogP contribution in [0.15, 0.2) is 18.3 Å². The van der Waals surface area contributed by atoms with E-state index in [0.717, 1.165) is 28.3 Å². The molecule has 0 spiro atoms. The standard InChI is InChI=1S/C14H15N3S/c1-8-3-4-11(7-15-8)12-9(2)14(18)17-13(16-12)10-5-6-10/h3-4,7,10H,5-6H2,1-2H3,(H,16,17,18). The Bertz CT molecular complexity index is 639. The van der Waals surface area contributed by atoms with Crippen molar-refractivity contribution in [3.05, 3.63) is 40.1 Å². The SMILES string of the molecule is Cc1ccc(-c2[nH]c(C3CC3)nc(=S)c2C)cn1. The number of nitrogens with one attached hydrogen (secondary N) is 1. The van der Waals surface area contributed by atoms with Crippen molar-refractivity contribution < 1.29 is 0 Å². The number of rotatable bonds is 2. The molecular weight excluding hydrogens is 242 g/mol. The number of nitrogens with zero attached hydrogens (tertiary/aromatic N) is 2. The Morgan fingerprint density at radius 2 is 2.06 bits per heavy atom. The van der Waals surface area contributed by atoms with Crippen molar-refractivity contribution in [2.24, 2.45) is 0 Å². The maximum atomic E-state index is 5.35. The Labute approximate surface area is 111 Å². The number of aromatic nitrogens is 3. The third kappa shape index (κ3) is 2.08. The van der Waals surface area contributed by atoms with Crippen LogP contribution in [-0.4, -0.2) is 15.0 Å². The van der Waals surface area contributed by atoms with Gasteiger partial charge < -0.3 is 4.98 Å². The van der Waals surface area contributed by atoms with Gasteiger partial charge in [0.05, 0.1) is 5.69 Å². The molecule has 2 aromatic heterocycles. The molecular formula is C14H15N3S. The Kier molecular flexibility index (Phi) is 2.74. The minimum atomic E-state index is 0.574. The topological polar surface area (TPSA) is 41.6 Å². The van der Waals surface area contributed by atoms with Crippen LogP contribution in [0.3, 0.4) is 0 Å². The maximum absolute atomic E-state index is 5.35. The van der Waals surface area contributed by atoms with Gasteiger partial charge in [0.2, 0.25) is 0 Å². The van der Waals surface area contributed by atoms with E-state index >= 15 is 0 Å². The van der Waals surface area contributed by atoms with Gasteiger partial charge in [-0.25, -0.2) is 4.98 Å². The van der Waals surface area contributed by atoms with E-state index in [1.54, 1.807) is 0 Å². The van der Waals surface area contributed by atoms with Gasteiger partial charge in [-0.1, -0.05) is 12.2 Å². The van der Waals surface area contributed by atoms with Crippen molar-refractivity contribution in [1.82, 2.24) is 15.0 Å². The van der Waals surface area contributed by atoms with E-state index in [0.29, 0.717) is 10.6 Å². The van der Waals surface area contributed by atoms with Crippen LogP contribution in [-0.2, 0) is 0 Å². The Morgan fingerprint density at radius 3 is 2.67 bits per heavy atom. The second-order valence-corrected chi connectivity index (χ2v) is 5.28. The predicted octanol–water partition coefficient (Wildman–Crippen LogP) is 3.70. The molecule has 0 atom stereocenters. The largest absolute Gasteiger partial charge is 0.343 e. The molecule has 0 bridgehead atoms. The number of aromatic amines is 1. The molecule has 0 aliphatic heterocycles. The van der Waals surface area contributed by atoms with Crippen molar-refractivity contribution in [2.45, 2.75) is 32.6 Å². The first-order chi connectivity index (χ1) is 8.65. The molecule has 0 amide bonds. The second kappa shape index (κ2) is 4.28. The number of aryl methyl sites for hydroxylation is 1. The first-order valence-corrected chi connectivity index (χ1v) is 6.60. The lowest BCUT2D eigenvalue weighted by atomic mass is 10.1. The van der Waals surface area contributed by atoms with Crippen LogP contribution in [0, 0.1) is 18.5 Å². The monoisotopic (exact) mass is 257 g/mol. The fraction of sp³-hybridized carbons (Fsp3) is 0.357. The van der Waals surface area contributed by atoms with E-state index in [9.17, 15) is 0 Å². The third-order valence-corrected chi connectivity index (χ3v) is 3.73. The van der Waals surface area contributed by atoms with Gasteiger partial charge in [0, 0.05) is 28.9 Å². The number of hydrogen-bond acceptors (Lipinski definition) is 3. The highest BCUT2D eigenvalue weighted by atomic mass is 32.1. The zero-order valence-corrected chi connectivity index (χ0v) is 11.3. The van der Waals surface area contributed by atoms with Gasteiger partial charge in [-0.3, -0.25) is 4.98 Å². The molecule has 1 fully saturated rings. The normalized spacial score (nSPS) is 14.8. The molecule has 1 aliphatic rings. The summed E-state index contributed by atoms with van der Waals surface area (Å²) in [5.41, 5.74) is 4.18. The van der Waals surface area contributed by atoms with Gasteiger partial charge in [-0.05, 0) is 38.8 Å². The fourth-order valence-electron chi connectivity index (χ4n) is 2.00. The summed E-state index contributed by atoms with van der Waals surface area (Å²) in [6.45, 7) is 4.00. The van der Waals surface area contributed by atoms with Crippen molar-refractivity contribution in [1.29, 1.82) is 0 Å². The number of pyridine rings is 1. The molecule has 3 nitrogen and oxygen atoms in total. The molecule has 1 saturated carbocycles. The average molecular weight is 257 g/mol. The molecule has 1 aliphatic carbocycles. The highest BCUT2D eigenvalue weighted by Crippen LogP contribution is 2.38. The molecule has 2 heterocycles. The quantitative estimate of drug-likeness (QED) is 0.834. The zero-order chi connectivity index (χ0) is 12.7. The summed E-state index contributed by atoms with van der Waals surface area (Å²) in [6.07, 6.45) is 4.32. The smallest absolute Gasteiger partial charge is 0.133 e. The molecule has 1 N–H and O–H groups in total. The first-order valence-electron chi connectivity index (χ1n) is 6.19. The van der Waals surface area contributed by atoms with Gasteiger partial charge in [0.25, 0.3) is 0 Å². The lowest BCUT2D eigenvalue weighted by molar-refractivity contribution is 0.913. The summed E-state index contributed by atoms with van der Waals surface area (Å²) in [4.78, 5) is 12.3. The van der Waals surface area contributed by atoms with Crippen molar-refractivity contribution in [2.75, 3.05) is 0 Å². The minimum Gasteiger partial charge on any atom is -0.343 e. The maximum Gasteiger partial charge on any atom is 0.133 e. The summed E-state index contributed by atoms with van der Waals surface area (Å²) in [6, 6.07) is 4.09. The Balaban J connectivity index is 2.15. The molecule has 0 aromatic carbocycles. The highest BCUT2D eigenvalue weighted by molar-refractivity contribution is 7.71. The molecule has 3 rings (SSSR count). The van der Waals surface area contributed by atoms with Gasteiger partial charge >= 0.3 is 0 Å². The van der Waals surface area contributed by atoms with Crippen molar-refractivity contribution in [3.8, 4) is 11.3 Å². The Hall–Kier alpha value is -1.55. The summed E-state index contributed by atoms with van der Waals surface area (Å²) in [5, 5.41) is 0. The van der Waals surface area contributed by atoms with E-state index in [1.807, 2.05) is 26.1 Å². The Morgan fingerprint density at radius 1 is 1.28 bits per heavy atom. The van der Waals surface area contributed by atoms with Crippen LogP contribution < -0.4 is 0 Å². The van der Waals surface area contributed by atoms with E-state index < -0.39 is 0 Å². The van der Waals surface area contributed by atoms with Gasteiger partial charge in [-0.2, -0.15) is 0 Å². The van der Waals surface area contributed by atoms with Crippen LogP contribution in [0.4, 0.5) is 0 Å². The predicted molar refractivity (Wildman–Crippen MR) is 74.1 cm³/mol. The van der Waals surface area contributed by atoms with Gasteiger partial charge in [-0.15, -0.1) is 0 Å². The second-order valence-electron chi connectivity index (χ2n) is 4.89. The summed E-state index contributed by atoms with van der Waals surface area (Å²) >= 11 is 5.35. The van der Waals surface area contributed by atoms with Crippen molar-refractivity contribution in [3.63, 3.8) is 0 Å². The molecule has 0 saturated heterocycles. The summed E-state index contributed by atoms with van der Waals surface area (Å²) in [7, 11) is 0. The highest BCUT2D eigenvalue weighted by Gasteiger charge is 2.26. The molecule has 18 heavy (non-hydrogen) atoms. The molecule has 0 unspecified atom stereocenters. The van der Waals surface area contributed by atoms with Crippen molar-refractivity contribution >= 4 is 12.2 Å². The first kappa shape index (κ1) is 11.5. The minimum absolute atomic E-state index is 0.574. The van der Waals surface area contributed by atoms with E-state index in [-0.39, 0.29) is 0 Å². The number of H-pyrrole nitrogens is 1.